The number of rotatable bonds is 12. The van der Waals surface area contributed by atoms with Gasteiger partial charge in [0, 0.05) is 11.8 Å². The highest BCUT2D eigenvalue weighted by molar-refractivity contribution is 6.18. The van der Waals surface area contributed by atoms with E-state index in [1.807, 2.05) is 18.2 Å². The van der Waals surface area contributed by atoms with E-state index < -0.39 is 0 Å². The summed E-state index contributed by atoms with van der Waals surface area (Å²) in [5.74, 6) is 2.62. The van der Waals surface area contributed by atoms with Crippen molar-refractivity contribution >= 4 is 23.2 Å². The summed E-state index contributed by atoms with van der Waals surface area (Å²) in [4.78, 5) is 0. The molecule has 0 saturated heterocycles. The van der Waals surface area contributed by atoms with Crippen molar-refractivity contribution in [2.75, 3.05) is 6.61 Å². The van der Waals surface area contributed by atoms with Gasteiger partial charge in [0.05, 0.1) is 6.61 Å². The summed E-state index contributed by atoms with van der Waals surface area (Å²) in [5, 5.41) is 0. The van der Waals surface area contributed by atoms with Gasteiger partial charge in [0.15, 0.2) is 0 Å². The summed E-state index contributed by atoms with van der Waals surface area (Å²) < 4.78 is 6.04. The molecule has 0 aliphatic heterocycles. The fraction of sp³-hybridized carbons (Fsp3) is 0.500. The lowest BCUT2D eigenvalue weighted by molar-refractivity contribution is 0.277. The second kappa shape index (κ2) is 12.3. The number of alkyl halides is 2. The molecule has 1 nitrogen and oxygen atoms in total. The molecule has 3 heteroatoms. The summed E-state index contributed by atoms with van der Waals surface area (Å²) in [7, 11) is 0. The zero-order chi connectivity index (χ0) is 19.5. The number of hydrogen-bond donors (Lipinski definition) is 0. The number of benzene rings is 2. The Hall–Kier alpha value is -1.18. The molecule has 2 rings (SSSR count). The third kappa shape index (κ3) is 7.39. The van der Waals surface area contributed by atoms with Gasteiger partial charge in [-0.15, -0.1) is 23.2 Å². The second-order valence-corrected chi connectivity index (χ2v) is 7.91. The topological polar surface area (TPSA) is 9.23 Å². The summed E-state index contributed by atoms with van der Waals surface area (Å²) in [6.45, 7) is 5.35. The van der Waals surface area contributed by atoms with Crippen molar-refractivity contribution < 1.29 is 4.74 Å². The Bertz CT molecular complexity index is 684. The summed E-state index contributed by atoms with van der Waals surface area (Å²) >= 11 is 12.1. The van der Waals surface area contributed by atoms with Crippen molar-refractivity contribution in [1.82, 2.24) is 0 Å². The minimum atomic E-state index is 0.485. The van der Waals surface area contributed by atoms with E-state index in [0.29, 0.717) is 17.7 Å². The molecule has 0 aliphatic carbocycles. The average molecular weight is 407 g/mol. The first-order chi connectivity index (χ1) is 13.2. The van der Waals surface area contributed by atoms with E-state index in [9.17, 15) is 0 Å². The van der Waals surface area contributed by atoms with Gasteiger partial charge < -0.3 is 4.74 Å². The molecule has 0 saturated carbocycles. The van der Waals surface area contributed by atoms with Gasteiger partial charge in [-0.3, -0.25) is 0 Å². The van der Waals surface area contributed by atoms with Crippen molar-refractivity contribution in [1.29, 1.82) is 0 Å². The smallest absolute Gasteiger partial charge is 0.119 e. The van der Waals surface area contributed by atoms with Gasteiger partial charge in [0.25, 0.3) is 0 Å². The molecule has 0 N–H and O–H groups in total. The van der Waals surface area contributed by atoms with Crippen LogP contribution in [0, 0.1) is 5.92 Å². The molecule has 2 aromatic carbocycles. The molecule has 0 spiro atoms. The molecule has 0 radical (unpaired) electrons. The Labute approximate surface area is 175 Å². The molecule has 0 aliphatic rings. The number of halogens is 2. The van der Waals surface area contributed by atoms with Crippen LogP contribution in [0.15, 0.2) is 42.5 Å². The maximum Gasteiger partial charge on any atom is 0.119 e. The van der Waals surface area contributed by atoms with Crippen LogP contribution in [0.5, 0.6) is 5.75 Å². The first-order valence-electron chi connectivity index (χ1n) is 10.1. The average Bonchev–Trinajstić information content (AvgIpc) is 2.71. The largest absolute Gasteiger partial charge is 0.494 e. The minimum absolute atomic E-state index is 0.485. The summed E-state index contributed by atoms with van der Waals surface area (Å²) in [5.41, 5.74) is 4.48. The third-order valence-corrected chi connectivity index (χ3v) is 5.64. The molecular weight excluding hydrogens is 375 g/mol. The van der Waals surface area contributed by atoms with E-state index >= 15 is 0 Å². The Morgan fingerprint density at radius 3 is 2.52 bits per heavy atom. The lowest BCUT2D eigenvalue weighted by Gasteiger charge is -2.14. The summed E-state index contributed by atoms with van der Waals surface area (Å²) in [6.07, 6.45) is 7.74. The Kier molecular flexibility index (Phi) is 10.1. The van der Waals surface area contributed by atoms with E-state index in [2.05, 4.69) is 38.1 Å². The fourth-order valence-corrected chi connectivity index (χ4v) is 3.69. The summed E-state index contributed by atoms with van der Waals surface area (Å²) in [6, 6.07) is 14.5. The van der Waals surface area contributed by atoms with Crippen LogP contribution in [0.4, 0.5) is 0 Å². The molecule has 1 atom stereocenters. The zero-order valence-electron chi connectivity index (χ0n) is 16.6. The van der Waals surface area contributed by atoms with E-state index in [-0.39, 0.29) is 0 Å². The van der Waals surface area contributed by atoms with Gasteiger partial charge in [0.2, 0.25) is 0 Å². The minimum Gasteiger partial charge on any atom is -0.494 e. The quantitative estimate of drug-likeness (QED) is 0.254. The van der Waals surface area contributed by atoms with Crippen LogP contribution in [0.3, 0.4) is 0 Å². The van der Waals surface area contributed by atoms with Crippen molar-refractivity contribution in [2.24, 2.45) is 5.92 Å². The molecule has 0 heterocycles. The Morgan fingerprint density at radius 1 is 0.926 bits per heavy atom. The lowest BCUT2D eigenvalue weighted by atomic mass is 9.98. The zero-order valence-corrected chi connectivity index (χ0v) is 18.2. The normalized spacial score (nSPS) is 12.1. The van der Waals surface area contributed by atoms with Crippen molar-refractivity contribution in [3.05, 3.63) is 53.6 Å². The van der Waals surface area contributed by atoms with Gasteiger partial charge in [-0.1, -0.05) is 70.2 Å². The van der Waals surface area contributed by atoms with Crippen LogP contribution in [0.25, 0.3) is 11.1 Å². The predicted octanol–water partition coefficient (Wildman–Crippen LogP) is 8.21. The van der Waals surface area contributed by atoms with Crippen LogP contribution >= 0.6 is 23.2 Å². The standard InChI is InChI=1S/C24H32Cl2O/c1-3-4-5-6-8-19(2)13-14-27-23-10-7-9-21(16-23)24-15-20(17-25)11-12-22(24)18-26/h7,9-12,15-16,19H,3-6,8,13-14,17-18H2,1-2H3. The molecular formula is C24H32Cl2O. The van der Waals surface area contributed by atoms with E-state index in [1.54, 1.807) is 0 Å². The molecule has 0 bridgehead atoms. The van der Waals surface area contributed by atoms with Crippen LogP contribution in [-0.2, 0) is 11.8 Å². The fourth-order valence-electron chi connectivity index (χ4n) is 3.29. The monoisotopic (exact) mass is 406 g/mol. The molecule has 0 amide bonds. The number of ether oxygens (including phenoxy) is 1. The maximum absolute atomic E-state index is 6.13. The van der Waals surface area contributed by atoms with E-state index in [1.165, 1.54) is 32.1 Å². The number of hydrogen-bond acceptors (Lipinski definition) is 1. The SMILES string of the molecule is CCCCCCC(C)CCOc1cccc(-c2cc(CCl)ccc2CCl)c1. The van der Waals surface area contributed by atoms with Crippen LogP contribution in [0.1, 0.15) is 63.5 Å². The van der Waals surface area contributed by atoms with Gasteiger partial charge in [0.1, 0.15) is 5.75 Å². The van der Waals surface area contributed by atoms with E-state index in [4.69, 9.17) is 27.9 Å². The van der Waals surface area contributed by atoms with Crippen LogP contribution < -0.4 is 4.74 Å². The first-order valence-corrected chi connectivity index (χ1v) is 11.2. The van der Waals surface area contributed by atoms with Crippen LogP contribution in [0.2, 0.25) is 0 Å². The lowest BCUT2D eigenvalue weighted by Crippen LogP contribution is -2.04. The Balaban J connectivity index is 1.94. The molecule has 0 fully saturated rings. The first kappa shape index (κ1) is 22.1. The Morgan fingerprint density at radius 2 is 1.78 bits per heavy atom. The van der Waals surface area contributed by atoms with Crippen molar-refractivity contribution in [3.8, 4) is 16.9 Å². The van der Waals surface area contributed by atoms with Crippen molar-refractivity contribution in [2.45, 2.75) is 64.1 Å². The predicted molar refractivity (Wildman–Crippen MR) is 119 cm³/mol. The van der Waals surface area contributed by atoms with Crippen molar-refractivity contribution in [3.63, 3.8) is 0 Å². The highest BCUT2D eigenvalue weighted by Crippen LogP contribution is 2.30. The van der Waals surface area contributed by atoms with Gasteiger partial charge >= 0.3 is 0 Å². The van der Waals surface area contributed by atoms with E-state index in [0.717, 1.165) is 41.0 Å². The molecule has 1 unspecified atom stereocenters. The highest BCUT2D eigenvalue weighted by atomic mass is 35.5. The van der Waals surface area contributed by atoms with Gasteiger partial charge in [-0.25, -0.2) is 0 Å². The number of unbranched alkanes of at least 4 members (excludes halogenated alkanes) is 3. The molecule has 0 aromatic heterocycles. The molecule has 148 valence electrons. The maximum atomic E-state index is 6.13. The van der Waals surface area contributed by atoms with Crippen LogP contribution in [-0.4, -0.2) is 6.61 Å². The second-order valence-electron chi connectivity index (χ2n) is 7.38. The van der Waals surface area contributed by atoms with Gasteiger partial charge in [-0.2, -0.15) is 0 Å². The molecule has 2 aromatic rings. The highest BCUT2D eigenvalue weighted by Gasteiger charge is 2.08. The van der Waals surface area contributed by atoms with Gasteiger partial charge in [-0.05, 0) is 52.8 Å². The molecule has 27 heavy (non-hydrogen) atoms. The third-order valence-electron chi connectivity index (χ3n) is 5.05.